The molecular weight excluding hydrogens is 356 g/mol. The number of halogens is 2. The second-order valence-electron chi connectivity index (χ2n) is 4.09. The summed E-state index contributed by atoms with van der Waals surface area (Å²) in [6.45, 7) is 0. The molecule has 0 saturated carbocycles. The molecule has 0 aliphatic rings. The van der Waals surface area contributed by atoms with Crippen molar-refractivity contribution in [2.75, 3.05) is 0 Å². The van der Waals surface area contributed by atoms with E-state index in [1.54, 1.807) is 6.07 Å². The molecule has 0 saturated heterocycles. The summed E-state index contributed by atoms with van der Waals surface area (Å²) in [6.07, 6.45) is 0. The Bertz CT molecular complexity index is 825. The van der Waals surface area contributed by atoms with Gasteiger partial charge >= 0.3 is 0 Å². The van der Waals surface area contributed by atoms with Crippen molar-refractivity contribution in [1.82, 2.24) is 0 Å². The molecule has 0 amide bonds. The molecule has 0 N–H and O–H groups in total. The van der Waals surface area contributed by atoms with Gasteiger partial charge in [-0.25, -0.2) is 0 Å². The highest BCUT2D eigenvalue weighted by atomic mass is 79.9. The Kier molecular flexibility index (Phi) is 2.96. The third kappa shape index (κ3) is 1.88. The van der Waals surface area contributed by atoms with Gasteiger partial charge in [-0.2, -0.15) is 0 Å². The summed E-state index contributed by atoms with van der Waals surface area (Å²) < 4.78 is 1.74. The van der Waals surface area contributed by atoms with E-state index in [1.807, 2.05) is 42.5 Å². The van der Waals surface area contributed by atoms with Crippen LogP contribution in [0.1, 0.15) is 0 Å². The molecule has 0 bridgehead atoms. The molecule has 3 aromatic rings. The van der Waals surface area contributed by atoms with Crippen LogP contribution in [0.25, 0.3) is 21.5 Å². The van der Waals surface area contributed by atoms with Crippen LogP contribution in [0.3, 0.4) is 0 Å². The molecule has 0 radical (unpaired) electrons. The van der Waals surface area contributed by atoms with Gasteiger partial charge in [0.2, 0.25) is 0 Å². The summed E-state index contributed by atoms with van der Waals surface area (Å²) in [6, 6.07) is 15.5. The van der Waals surface area contributed by atoms with Gasteiger partial charge in [0.05, 0.1) is 0 Å². The Morgan fingerprint density at radius 2 is 1.39 bits per heavy atom. The van der Waals surface area contributed by atoms with Crippen LogP contribution in [0, 0.1) is 0 Å². The quantitative estimate of drug-likeness (QED) is 0.556. The standard InChI is InChI=1S/C15H8Br2O/c16-9-5-6-11-10-3-1-2-4-12(10)14(17)8-15(18)13(11)7-9/h1-8H. The molecule has 0 aliphatic carbocycles. The van der Waals surface area contributed by atoms with E-state index >= 15 is 0 Å². The zero-order chi connectivity index (χ0) is 12.7. The van der Waals surface area contributed by atoms with E-state index in [1.165, 1.54) is 0 Å². The molecule has 0 aliphatic heterocycles. The zero-order valence-corrected chi connectivity index (χ0v) is 12.5. The summed E-state index contributed by atoms with van der Waals surface area (Å²) in [5.74, 6) is 0. The SMILES string of the molecule is O=c1cc(Br)c2ccccc2c2ccc(Br)cc12. The van der Waals surface area contributed by atoms with E-state index in [0.717, 1.165) is 30.5 Å². The van der Waals surface area contributed by atoms with Gasteiger partial charge in [-0.3, -0.25) is 4.79 Å². The summed E-state index contributed by atoms with van der Waals surface area (Å²) in [7, 11) is 0. The van der Waals surface area contributed by atoms with Crippen molar-refractivity contribution in [1.29, 1.82) is 0 Å². The molecule has 0 spiro atoms. The average molecular weight is 364 g/mol. The number of hydrogen-bond acceptors (Lipinski definition) is 1. The molecular formula is C15H8Br2O. The molecule has 18 heavy (non-hydrogen) atoms. The third-order valence-electron chi connectivity index (χ3n) is 2.98. The average Bonchev–Trinajstić information content (AvgIpc) is 2.47. The van der Waals surface area contributed by atoms with Crippen LogP contribution < -0.4 is 5.43 Å². The van der Waals surface area contributed by atoms with Crippen molar-refractivity contribution in [2.24, 2.45) is 0 Å². The normalized spacial score (nSPS) is 11.0. The number of benzene rings is 2. The van der Waals surface area contributed by atoms with Gasteiger partial charge in [0, 0.05) is 20.4 Å². The van der Waals surface area contributed by atoms with Crippen LogP contribution in [0.4, 0.5) is 0 Å². The summed E-state index contributed by atoms with van der Waals surface area (Å²) in [5, 5.41) is 3.83. The topological polar surface area (TPSA) is 17.1 Å². The lowest BCUT2D eigenvalue weighted by Crippen LogP contribution is -1.94. The van der Waals surface area contributed by atoms with E-state index in [-0.39, 0.29) is 5.43 Å². The second kappa shape index (κ2) is 4.48. The maximum absolute atomic E-state index is 12.2. The summed E-state index contributed by atoms with van der Waals surface area (Å²) in [4.78, 5) is 12.2. The van der Waals surface area contributed by atoms with Gasteiger partial charge in [0.1, 0.15) is 0 Å². The first-order valence-corrected chi connectivity index (χ1v) is 7.06. The van der Waals surface area contributed by atoms with Gasteiger partial charge in [0.25, 0.3) is 0 Å². The minimum absolute atomic E-state index is 0.0226. The summed E-state index contributed by atoms with van der Waals surface area (Å²) in [5.41, 5.74) is 0.0226. The van der Waals surface area contributed by atoms with E-state index in [9.17, 15) is 4.79 Å². The molecule has 0 aromatic heterocycles. The van der Waals surface area contributed by atoms with Gasteiger partial charge in [0.15, 0.2) is 5.43 Å². The molecule has 0 fully saturated rings. The van der Waals surface area contributed by atoms with E-state index < -0.39 is 0 Å². The smallest absolute Gasteiger partial charge is 0.187 e. The van der Waals surface area contributed by atoms with Gasteiger partial charge in [-0.1, -0.05) is 62.2 Å². The van der Waals surface area contributed by atoms with Crippen LogP contribution in [0.2, 0.25) is 0 Å². The number of hydrogen-bond donors (Lipinski definition) is 0. The van der Waals surface area contributed by atoms with Gasteiger partial charge < -0.3 is 0 Å². The molecule has 88 valence electrons. The lowest BCUT2D eigenvalue weighted by molar-refractivity contribution is 1.67. The highest BCUT2D eigenvalue weighted by molar-refractivity contribution is 9.11. The van der Waals surface area contributed by atoms with Crippen molar-refractivity contribution in [3.05, 3.63) is 67.7 Å². The predicted molar refractivity (Wildman–Crippen MR) is 83.1 cm³/mol. The molecule has 0 atom stereocenters. The molecule has 3 heteroatoms. The Hall–Kier alpha value is -1.19. The van der Waals surface area contributed by atoms with Crippen molar-refractivity contribution in [3.8, 4) is 0 Å². The van der Waals surface area contributed by atoms with Crippen LogP contribution in [-0.4, -0.2) is 0 Å². The lowest BCUT2D eigenvalue weighted by Gasteiger charge is -1.98. The molecule has 3 rings (SSSR count). The number of rotatable bonds is 0. The largest absolute Gasteiger partial charge is 0.289 e. The molecule has 1 nitrogen and oxygen atoms in total. The minimum Gasteiger partial charge on any atom is -0.289 e. The highest BCUT2D eigenvalue weighted by Gasteiger charge is 2.05. The van der Waals surface area contributed by atoms with Crippen molar-refractivity contribution < 1.29 is 0 Å². The monoisotopic (exact) mass is 362 g/mol. The van der Waals surface area contributed by atoms with Crippen LogP contribution in [-0.2, 0) is 0 Å². The Labute approximate surface area is 121 Å². The number of fused-ring (bicyclic) bond motifs is 3. The predicted octanol–water partition coefficient (Wildman–Crippen LogP) is 4.88. The van der Waals surface area contributed by atoms with E-state index in [0.29, 0.717) is 0 Å². The maximum atomic E-state index is 12.2. The Morgan fingerprint density at radius 1 is 0.722 bits per heavy atom. The first-order chi connectivity index (χ1) is 8.66. The second-order valence-corrected chi connectivity index (χ2v) is 5.86. The fourth-order valence-electron chi connectivity index (χ4n) is 2.15. The highest BCUT2D eigenvalue weighted by Crippen LogP contribution is 2.28. The first kappa shape index (κ1) is 11.9. The maximum Gasteiger partial charge on any atom is 0.187 e. The van der Waals surface area contributed by atoms with Crippen molar-refractivity contribution in [3.63, 3.8) is 0 Å². The third-order valence-corrected chi connectivity index (χ3v) is 4.13. The van der Waals surface area contributed by atoms with Gasteiger partial charge in [-0.05, 0) is 28.3 Å². The van der Waals surface area contributed by atoms with Crippen LogP contribution >= 0.6 is 31.9 Å². The Morgan fingerprint density at radius 3 is 2.17 bits per heavy atom. The van der Waals surface area contributed by atoms with E-state index in [4.69, 9.17) is 0 Å². The van der Waals surface area contributed by atoms with Crippen molar-refractivity contribution in [2.45, 2.75) is 0 Å². The van der Waals surface area contributed by atoms with Crippen LogP contribution in [0.5, 0.6) is 0 Å². The lowest BCUT2D eigenvalue weighted by atomic mass is 10.1. The van der Waals surface area contributed by atoms with E-state index in [2.05, 4.69) is 31.9 Å². The minimum atomic E-state index is 0.0226. The Balaban J connectivity index is 2.73. The summed E-state index contributed by atoms with van der Waals surface area (Å²) >= 11 is 6.90. The fraction of sp³-hybridized carbons (Fsp3) is 0. The molecule has 0 heterocycles. The first-order valence-electron chi connectivity index (χ1n) is 5.47. The fourth-order valence-corrected chi connectivity index (χ4v) is 3.07. The zero-order valence-electron chi connectivity index (χ0n) is 9.28. The molecule has 3 aromatic carbocycles. The van der Waals surface area contributed by atoms with Crippen LogP contribution in [0.15, 0.2) is 62.3 Å². The van der Waals surface area contributed by atoms with Crippen molar-refractivity contribution >= 4 is 53.4 Å². The molecule has 0 unspecified atom stereocenters. The van der Waals surface area contributed by atoms with Gasteiger partial charge in [-0.15, -0.1) is 0 Å².